The van der Waals surface area contributed by atoms with Crippen molar-refractivity contribution in [2.45, 2.75) is 57.8 Å². The number of hydrogen-bond acceptors (Lipinski definition) is 2. The van der Waals surface area contributed by atoms with E-state index in [1.807, 2.05) is 18.2 Å². The lowest BCUT2D eigenvalue weighted by Gasteiger charge is -2.03. The summed E-state index contributed by atoms with van der Waals surface area (Å²) >= 11 is 0. The van der Waals surface area contributed by atoms with Crippen LogP contribution < -0.4 is 5.73 Å². The molecule has 1 aromatic rings. The Morgan fingerprint density at radius 3 is 2.16 bits per heavy atom. The maximum Gasteiger partial charge on any atom is 0.0991 e. The van der Waals surface area contributed by atoms with E-state index in [1.54, 1.807) is 0 Å². The van der Waals surface area contributed by atoms with Gasteiger partial charge in [-0.25, -0.2) is 0 Å². The Balaban J connectivity index is 2.00. The SMILES string of the molecule is N#Cc1cccc(CCCCCCCCCCN)c1. The molecule has 0 aliphatic rings. The van der Waals surface area contributed by atoms with E-state index in [0.717, 1.165) is 18.5 Å². The van der Waals surface area contributed by atoms with Gasteiger partial charge in [0.15, 0.2) is 0 Å². The molecule has 0 heterocycles. The molecule has 0 aliphatic heterocycles. The molecule has 0 aromatic heterocycles. The molecule has 0 atom stereocenters. The van der Waals surface area contributed by atoms with Gasteiger partial charge in [0, 0.05) is 0 Å². The zero-order valence-corrected chi connectivity index (χ0v) is 11.9. The van der Waals surface area contributed by atoms with Crippen molar-refractivity contribution in [2.75, 3.05) is 6.54 Å². The van der Waals surface area contributed by atoms with Crippen LogP contribution in [0.5, 0.6) is 0 Å². The highest BCUT2D eigenvalue weighted by Gasteiger charge is 1.96. The van der Waals surface area contributed by atoms with Crippen molar-refractivity contribution in [3.63, 3.8) is 0 Å². The Labute approximate surface area is 117 Å². The molecule has 0 bridgehead atoms. The van der Waals surface area contributed by atoms with Gasteiger partial charge < -0.3 is 5.73 Å². The number of hydrogen-bond donors (Lipinski definition) is 1. The lowest BCUT2D eigenvalue weighted by Crippen LogP contribution is -1.97. The molecule has 0 amide bonds. The molecule has 0 radical (unpaired) electrons. The van der Waals surface area contributed by atoms with E-state index in [9.17, 15) is 0 Å². The summed E-state index contributed by atoms with van der Waals surface area (Å²) < 4.78 is 0. The summed E-state index contributed by atoms with van der Waals surface area (Å²) in [5.41, 5.74) is 7.53. The molecule has 104 valence electrons. The number of nitrogens with two attached hydrogens (primary N) is 1. The summed E-state index contributed by atoms with van der Waals surface area (Å²) in [6, 6.07) is 10.2. The van der Waals surface area contributed by atoms with Crippen LogP contribution in [0.25, 0.3) is 0 Å². The van der Waals surface area contributed by atoms with Crippen molar-refractivity contribution in [2.24, 2.45) is 5.73 Å². The number of nitrogens with zero attached hydrogens (tertiary/aromatic N) is 1. The fourth-order valence-corrected chi connectivity index (χ4v) is 2.33. The summed E-state index contributed by atoms with van der Waals surface area (Å²) in [5, 5.41) is 8.83. The van der Waals surface area contributed by atoms with E-state index in [2.05, 4.69) is 12.1 Å². The molecule has 0 saturated heterocycles. The van der Waals surface area contributed by atoms with E-state index < -0.39 is 0 Å². The topological polar surface area (TPSA) is 49.8 Å². The standard InChI is InChI=1S/C17H26N2/c18-13-8-6-4-2-1-3-5-7-10-16-11-9-12-17(14-16)15-19/h9,11-12,14H,1-8,10,13,18H2. The van der Waals surface area contributed by atoms with Gasteiger partial charge in [-0.05, 0) is 43.5 Å². The molecule has 1 aromatic carbocycles. The minimum Gasteiger partial charge on any atom is -0.330 e. The molecule has 2 N–H and O–H groups in total. The second-order valence-corrected chi connectivity index (χ2v) is 5.18. The molecule has 19 heavy (non-hydrogen) atoms. The molecule has 0 fully saturated rings. The molecule has 2 nitrogen and oxygen atoms in total. The second kappa shape index (κ2) is 10.6. The molecule has 0 aliphatic carbocycles. The van der Waals surface area contributed by atoms with Gasteiger partial charge in [-0.2, -0.15) is 5.26 Å². The number of nitriles is 1. The molecule has 0 saturated carbocycles. The van der Waals surface area contributed by atoms with Gasteiger partial charge in [0.25, 0.3) is 0 Å². The zero-order chi connectivity index (χ0) is 13.8. The van der Waals surface area contributed by atoms with Crippen LogP contribution in [-0.4, -0.2) is 6.54 Å². The van der Waals surface area contributed by atoms with Crippen molar-refractivity contribution >= 4 is 0 Å². The van der Waals surface area contributed by atoms with Gasteiger partial charge in [-0.15, -0.1) is 0 Å². The van der Waals surface area contributed by atoms with Crippen LogP contribution in [-0.2, 0) is 6.42 Å². The molecule has 2 heteroatoms. The molecular formula is C17H26N2. The highest BCUT2D eigenvalue weighted by atomic mass is 14.5. The van der Waals surface area contributed by atoms with Gasteiger partial charge in [0.05, 0.1) is 11.6 Å². The van der Waals surface area contributed by atoms with E-state index in [0.29, 0.717) is 0 Å². The van der Waals surface area contributed by atoms with Crippen molar-refractivity contribution in [3.8, 4) is 6.07 Å². The summed E-state index contributed by atoms with van der Waals surface area (Å²) in [7, 11) is 0. The van der Waals surface area contributed by atoms with Crippen molar-refractivity contribution in [1.82, 2.24) is 0 Å². The van der Waals surface area contributed by atoms with Gasteiger partial charge >= 0.3 is 0 Å². The number of benzene rings is 1. The Hall–Kier alpha value is -1.33. The van der Waals surface area contributed by atoms with Crippen LogP contribution in [0.15, 0.2) is 24.3 Å². The van der Waals surface area contributed by atoms with Crippen LogP contribution in [0.1, 0.15) is 62.5 Å². The average Bonchev–Trinajstić information content (AvgIpc) is 2.46. The number of unbranched alkanes of at least 4 members (excludes halogenated alkanes) is 7. The summed E-state index contributed by atoms with van der Waals surface area (Å²) in [6.07, 6.45) is 11.5. The monoisotopic (exact) mass is 258 g/mol. The average molecular weight is 258 g/mol. The quantitative estimate of drug-likeness (QED) is 0.640. The third kappa shape index (κ3) is 7.64. The fourth-order valence-electron chi connectivity index (χ4n) is 2.33. The first-order valence-corrected chi connectivity index (χ1v) is 7.56. The molecular weight excluding hydrogens is 232 g/mol. The van der Waals surface area contributed by atoms with E-state index >= 15 is 0 Å². The molecule has 0 spiro atoms. The number of rotatable bonds is 10. The maximum atomic E-state index is 8.83. The third-order valence-corrected chi connectivity index (χ3v) is 3.48. The largest absolute Gasteiger partial charge is 0.330 e. The molecule has 1 rings (SSSR count). The minimum atomic E-state index is 0.775. The maximum absolute atomic E-state index is 8.83. The van der Waals surface area contributed by atoms with E-state index in [1.165, 1.54) is 56.9 Å². The smallest absolute Gasteiger partial charge is 0.0991 e. The Morgan fingerprint density at radius 1 is 0.895 bits per heavy atom. The van der Waals surface area contributed by atoms with Gasteiger partial charge in [-0.3, -0.25) is 0 Å². The Kier molecular flexibility index (Phi) is 8.76. The lowest BCUT2D eigenvalue weighted by atomic mass is 10.0. The third-order valence-electron chi connectivity index (χ3n) is 3.48. The van der Waals surface area contributed by atoms with Gasteiger partial charge in [0.2, 0.25) is 0 Å². The first-order chi connectivity index (χ1) is 9.36. The summed E-state index contributed by atoms with van der Waals surface area (Å²) in [6.45, 7) is 0.835. The highest BCUT2D eigenvalue weighted by molar-refractivity contribution is 5.32. The first kappa shape index (κ1) is 15.7. The van der Waals surface area contributed by atoms with Gasteiger partial charge in [0.1, 0.15) is 0 Å². The van der Waals surface area contributed by atoms with Crippen molar-refractivity contribution < 1.29 is 0 Å². The minimum absolute atomic E-state index is 0.775. The molecule has 0 unspecified atom stereocenters. The van der Waals surface area contributed by atoms with Crippen LogP contribution in [0.2, 0.25) is 0 Å². The number of aryl methyl sites for hydroxylation is 1. The van der Waals surface area contributed by atoms with Crippen molar-refractivity contribution in [1.29, 1.82) is 5.26 Å². The van der Waals surface area contributed by atoms with E-state index in [4.69, 9.17) is 11.0 Å². The summed E-state index contributed by atoms with van der Waals surface area (Å²) in [5.74, 6) is 0. The van der Waals surface area contributed by atoms with Crippen LogP contribution >= 0.6 is 0 Å². The van der Waals surface area contributed by atoms with Crippen LogP contribution in [0, 0.1) is 11.3 Å². The highest BCUT2D eigenvalue weighted by Crippen LogP contribution is 2.12. The zero-order valence-electron chi connectivity index (χ0n) is 11.9. The Bertz CT molecular complexity index is 379. The van der Waals surface area contributed by atoms with Crippen LogP contribution in [0.3, 0.4) is 0 Å². The Morgan fingerprint density at radius 2 is 1.53 bits per heavy atom. The predicted molar refractivity (Wildman–Crippen MR) is 80.9 cm³/mol. The second-order valence-electron chi connectivity index (χ2n) is 5.18. The van der Waals surface area contributed by atoms with Crippen molar-refractivity contribution in [3.05, 3.63) is 35.4 Å². The predicted octanol–water partition coefficient (Wildman–Crippen LogP) is 4.18. The summed E-state index contributed by atoms with van der Waals surface area (Å²) in [4.78, 5) is 0. The lowest BCUT2D eigenvalue weighted by molar-refractivity contribution is 0.570. The fraction of sp³-hybridized carbons (Fsp3) is 0.588. The first-order valence-electron chi connectivity index (χ1n) is 7.56. The van der Waals surface area contributed by atoms with Crippen LogP contribution in [0.4, 0.5) is 0 Å². The van der Waals surface area contributed by atoms with Gasteiger partial charge in [-0.1, -0.05) is 50.7 Å². The van der Waals surface area contributed by atoms with E-state index in [-0.39, 0.29) is 0 Å². The normalized spacial score (nSPS) is 10.3.